The van der Waals surface area contributed by atoms with Gasteiger partial charge in [-0.05, 0) is 83.0 Å². The number of amides is 5. The van der Waals surface area contributed by atoms with E-state index in [1.54, 1.807) is 64.6 Å². The van der Waals surface area contributed by atoms with Gasteiger partial charge in [-0.15, -0.1) is 11.6 Å². The number of benzene rings is 3. The zero-order valence-corrected chi connectivity index (χ0v) is 49.8. The summed E-state index contributed by atoms with van der Waals surface area (Å²) in [4.78, 5) is 66.2. The molecule has 4 rings (SSSR count). The topological polar surface area (TPSA) is 247 Å². The van der Waals surface area contributed by atoms with Crippen molar-refractivity contribution in [1.29, 1.82) is 0 Å². The minimum Gasteiger partial charge on any atom is -0.495 e. The van der Waals surface area contributed by atoms with Crippen molar-refractivity contribution in [1.82, 2.24) is 16.0 Å². The molecule has 454 valence electrons. The van der Waals surface area contributed by atoms with Gasteiger partial charge in [-0.1, -0.05) is 44.2 Å². The number of anilines is 2. The summed E-state index contributed by atoms with van der Waals surface area (Å²) in [5.41, 5.74) is 1.57. The van der Waals surface area contributed by atoms with E-state index in [1.165, 1.54) is 7.11 Å². The number of ether oxygens (including phenoxy) is 12. The lowest BCUT2D eigenvalue weighted by Gasteiger charge is -2.25. The third kappa shape index (κ3) is 25.6. The number of hydrogen-bond acceptors (Lipinski definition) is 17. The molecule has 1 aliphatic rings. The number of carbonyl (C=O) groups is 5. The van der Waals surface area contributed by atoms with Gasteiger partial charge in [0.25, 0.3) is 0 Å². The summed E-state index contributed by atoms with van der Waals surface area (Å²) in [5, 5.41) is 12.8. The largest absolute Gasteiger partial charge is 0.495 e. The molecule has 0 fully saturated rings. The maximum atomic E-state index is 13.4. The van der Waals surface area contributed by atoms with E-state index in [0.29, 0.717) is 134 Å². The Morgan fingerprint density at radius 3 is 1.65 bits per heavy atom. The Morgan fingerprint density at radius 2 is 1.15 bits per heavy atom. The lowest BCUT2D eigenvalue weighted by molar-refractivity contribution is -0.132. The van der Waals surface area contributed by atoms with Crippen LogP contribution in [0.1, 0.15) is 85.8 Å². The summed E-state index contributed by atoms with van der Waals surface area (Å²) in [5.74, 6) is -0.475. The van der Waals surface area contributed by atoms with Crippen LogP contribution < -0.4 is 35.6 Å². The maximum Gasteiger partial charge on any atom is 0.414 e. The van der Waals surface area contributed by atoms with E-state index in [4.69, 9.17) is 68.4 Å². The molecular weight excluding hydrogens is 1070 g/mol. The van der Waals surface area contributed by atoms with E-state index in [1.807, 2.05) is 51.1 Å². The number of nitrogens with one attached hydrogen (secondary N) is 4. The Balaban J connectivity index is 1.03. The van der Waals surface area contributed by atoms with Crippen LogP contribution in [0.5, 0.6) is 11.5 Å². The summed E-state index contributed by atoms with van der Waals surface area (Å²) in [6.45, 7) is 23.0. The van der Waals surface area contributed by atoms with E-state index in [9.17, 15) is 24.0 Å². The minimum atomic E-state index is -0.965. The van der Waals surface area contributed by atoms with Gasteiger partial charge in [0.05, 0.1) is 124 Å². The molecule has 0 radical (unpaired) electrons. The van der Waals surface area contributed by atoms with Crippen molar-refractivity contribution in [2.24, 2.45) is 5.92 Å². The summed E-state index contributed by atoms with van der Waals surface area (Å²) in [7, 11) is 1.49. The highest BCUT2D eigenvalue weighted by Crippen LogP contribution is 2.46. The highest BCUT2D eigenvalue weighted by molar-refractivity contribution is 6.19. The molecular formula is C58H88ClN5O17. The Bertz CT molecular complexity index is 2400. The number of alkyl carbamates (subject to hydrolysis) is 1. The molecule has 3 aromatic rings. The molecule has 4 N–H and O–H groups in total. The second kappa shape index (κ2) is 36.1. The number of nitrogens with zero attached hydrogens (tertiary/aromatic N) is 1. The molecule has 0 unspecified atom stereocenters. The molecule has 0 saturated heterocycles. The first-order chi connectivity index (χ1) is 38.7. The van der Waals surface area contributed by atoms with Crippen LogP contribution in [0.3, 0.4) is 0 Å². The molecule has 3 aromatic carbocycles. The monoisotopic (exact) mass is 1160 g/mol. The van der Waals surface area contributed by atoms with Gasteiger partial charge in [0.2, 0.25) is 17.7 Å². The molecule has 23 heteroatoms. The summed E-state index contributed by atoms with van der Waals surface area (Å²) in [6, 6.07) is 13.1. The van der Waals surface area contributed by atoms with Crippen molar-refractivity contribution >= 4 is 63.7 Å². The van der Waals surface area contributed by atoms with Crippen molar-refractivity contribution in [2.45, 2.75) is 105 Å². The lowest BCUT2D eigenvalue weighted by atomic mass is 9.95. The molecule has 0 aliphatic carbocycles. The third-order valence-corrected chi connectivity index (χ3v) is 12.2. The average Bonchev–Trinajstić information content (AvgIpc) is 4.09. The van der Waals surface area contributed by atoms with Gasteiger partial charge in [-0.2, -0.15) is 0 Å². The zero-order chi connectivity index (χ0) is 59.2. The fourth-order valence-electron chi connectivity index (χ4n) is 7.97. The first kappa shape index (κ1) is 67.9. The molecule has 0 spiro atoms. The number of halogens is 1. The first-order valence-corrected chi connectivity index (χ1v) is 28.2. The molecule has 0 saturated carbocycles. The summed E-state index contributed by atoms with van der Waals surface area (Å²) >= 11 is 6.44. The van der Waals surface area contributed by atoms with Crippen molar-refractivity contribution < 1.29 is 80.8 Å². The van der Waals surface area contributed by atoms with E-state index < -0.39 is 47.3 Å². The van der Waals surface area contributed by atoms with Crippen LogP contribution in [-0.4, -0.2) is 185 Å². The highest BCUT2D eigenvalue weighted by Gasteiger charge is 2.37. The second-order valence-electron chi connectivity index (χ2n) is 21.2. The van der Waals surface area contributed by atoms with Gasteiger partial charge in [0.1, 0.15) is 41.4 Å². The van der Waals surface area contributed by atoms with Crippen LogP contribution in [0.15, 0.2) is 48.5 Å². The molecule has 0 bridgehead atoms. The van der Waals surface area contributed by atoms with Crippen molar-refractivity contribution in [3.8, 4) is 11.5 Å². The number of carbonyl (C=O) groups excluding carboxylic acids is 5. The van der Waals surface area contributed by atoms with Gasteiger partial charge >= 0.3 is 12.2 Å². The molecule has 3 atom stereocenters. The standard InChI is InChI=1S/C58H88ClN5O17/c1-40(2)52(63-50(65)17-19-71-21-23-73-25-27-75-29-31-77-33-34-78-32-30-76-28-26-74-24-22-72-20-18-60-55(68)80-57(4,5)6)54(67)61-41(3)53(66)62-46-16-15-42(35-49(46)70-10)39-79-48-36-47-51(45-14-12-11-13-44(45)48)43(37-59)38-64(47)56(69)81-58(7,8)9/h11-16,35-36,40-41,43,52H,17-34,37-39H2,1-10H3,(H,60,68)(H,61,67)(H,62,66)(H,63,65)/t41-,43+,52-/m0/s1. The summed E-state index contributed by atoms with van der Waals surface area (Å²) in [6.07, 6.45) is -0.907. The Kier molecular flexibility index (Phi) is 30.3. The zero-order valence-electron chi connectivity index (χ0n) is 49.0. The van der Waals surface area contributed by atoms with Gasteiger partial charge < -0.3 is 78.1 Å². The van der Waals surface area contributed by atoms with Crippen LogP contribution >= 0.6 is 11.6 Å². The number of rotatable bonds is 38. The number of fused-ring (bicyclic) bond motifs is 3. The average molecular weight is 1160 g/mol. The Hall–Kier alpha value is -5.56. The van der Waals surface area contributed by atoms with E-state index in [0.717, 1.165) is 21.9 Å². The highest BCUT2D eigenvalue weighted by atomic mass is 35.5. The Morgan fingerprint density at radius 1 is 0.630 bits per heavy atom. The van der Waals surface area contributed by atoms with Gasteiger partial charge in [-0.25, -0.2) is 9.59 Å². The minimum absolute atomic E-state index is 0.0228. The fraction of sp³-hybridized carbons (Fsp3) is 0.638. The number of alkyl halides is 1. The van der Waals surface area contributed by atoms with E-state index in [2.05, 4.69) is 21.3 Å². The van der Waals surface area contributed by atoms with Crippen molar-refractivity contribution in [2.75, 3.05) is 142 Å². The quantitative estimate of drug-likeness (QED) is 0.0329. The smallest absolute Gasteiger partial charge is 0.414 e. The molecule has 0 aromatic heterocycles. The van der Waals surface area contributed by atoms with Crippen molar-refractivity contribution in [3.63, 3.8) is 0 Å². The second-order valence-corrected chi connectivity index (χ2v) is 21.5. The van der Waals surface area contributed by atoms with Crippen LogP contribution in [0, 0.1) is 5.92 Å². The van der Waals surface area contributed by atoms with E-state index in [-0.39, 0.29) is 44.0 Å². The summed E-state index contributed by atoms with van der Waals surface area (Å²) < 4.78 is 67.0. The molecule has 1 heterocycles. The fourth-order valence-corrected chi connectivity index (χ4v) is 8.23. The predicted octanol–water partition coefficient (Wildman–Crippen LogP) is 7.14. The number of hydrogen-bond donors (Lipinski definition) is 4. The predicted molar refractivity (Wildman–Crippen MR) is 307 cm³/mol. The third-order valence-electron chi connectivity index (χ3n) is 11.9. The van der Waals surface area contributed by atoms with Crippen LogP contribution in [0.2, 0.25) is 0 Å². The molecule has 5 amide bonds. The van der Waals surface area contributed by atoms with Crippen molar-refractivity contribution in [3.05, 3.63) is 59.7 Å². The molecule has 1 aliphatic heterocycles. The molecule has 22 nitrogen and oxygen atoms in total. The Labute approximate surface area is 482 Å². The van der Waals surface area contributed by atoms with Gasteiger partial charge in [0, 0.05) is 42.8 Å². The number of methoxy groups -OCH3 is 1. The van der Waals surface area contributed by atoms with Crippen LogP contribution in [0.4, 0.5) is 21.0 Å². The molecule has 81 heavy (non-hydrogen) atoms. The lowest BCUT2D eigenvalue weighted by Crippen LogP contribution is -2.53. The SMILES string of the molecule is COc1cc(COc2cc3c(c4ccccc24)[C@H](CCl)CN3C(=O)OC(C)(C)C)ccc1NC(=O)[C@H](C)NC(=O)[C@@H](NC(=O)CCOCCOCCOCCOCCOCCOCCOCCOCCNC(=O)OC(C)(C)C)C(C)C. The van der Waals surface area contributed by atoms with Crippen LogP contribution in [0.25, 0.3) is 10.8 Å². The first-order valence-electron chi connectivity index (χ1n) is 27.6. The van der Waals surface area contributed by atoms with Gasteiger partial charge in [-0.3, -0.25) is 19.3 Å². The van der Waals surface area contributed by atoms with E-state index >= 15 is 0 Å². The van der Waals surface area contributed by atoms with Crippen LogP contribution in [-0.2, 0) is 68.4 Å². The maximum absolute atomic E-state index is 13.4. The van der Waals surface area contributed by atoms with Gasteiger partial charge in [0.15, 0.2) is 0 Å². The normalized spacial score (nSPS) is 14.1.